The molecule has 1 aromatic carbocycles. The molecule has 156 valence electrons. The minimum atomic E-state index is -0.390. The van der Waals surface area contributed by atoms with Crippen molar-refractivity contribution in [2.24, 2.45) is 0 Å². The van der Waals surface area contributed by atoms with Gasteiger partial charge in [0.2, 0.25) is 11.8 Å². The van der Waals surface area contributed by atoms with Gasteiger partial charge in [0.25, 0.3) is 0 Å². The van der Waals surface area contributed by atoms with E-state index < -0.39 is 0 Å². The lowest BCUT2D eigenvalue weighted by molar-refractivity contribution is -0.140. The van der Waals surface area contributed by atoms with Crippen LogP contribution in [0.3, 0.4) is 0 Å². The standard InChI is InChI=1S/C21H28FN5O2/c1-13(2)27-10-7-23-21(29)18(27)12-19(28)26-8-5-14(6-9-26)20-24-16-4-3-15(22)11-17(16)25-20/h3-4,11,13-14,18H,5-10,12H2,1-2H3,(H,23,29)(H,24,25)/t18-/m0/s1. The average molecular weight is 401 g/mol. The summed E-state index contributed by atoms with van der Waals surface area (Å²) in [6.07, 6.45) is 1.83. The zero-order valence-corrected chi connectivity index (χ0v) is 16.9. The van der Waals surface area contributed by atoms with Crippen molar-refractivity contribution in [1.29, 1.82) is 0 Å². The number of nitrogens with one attached hydrogen (secondary N) is 2. The molecule has 0 radical (unpaired) electrons. The molecule has 0 bridgehead atoms. The Labute approximate surface area is 169 Å². The summed E-state index contributed by atoms with van der Waals surface area (Å²) in [5.74, 6) is 0.774. The lowest BCUT2D eigenvalue weighted by Gasteiger charge is -2.39. The van der Waals surface area contributed by atoms with Crippen molar-refractivity contribution in [3.8, 4) is 0 Å². The van der Waals surface area contributed by atoms with Crippen molar-refractivity contribution in [1.82, 2.24) is 25.1 Å². The highest BCUT2D eigenvalue weighted by Gasteiger charge is 2.35. The van der Waals surface area contributed by atoms with Gasteiger partial charge in [0.1, 0.15) is 11.6 Å². The molecule has 1 atom stereocenters. The van der Waals surface area contributed by atoms with E-state index in [-0.39, 0.29) is 42.1 Å². The van der Waals surface area contributed by atoms with Crippen LogP contribution in [-0.2, 0) is 9.59 Å². The first kappa shape index (κ1) is 19.8. The second kappa shape index (κ2) is 8.10. The van der Waals surface area contributed by atoms with Gasteiger partial charge in [-0.1, -0.05) is 0 Å². The quantitative estimate of drug-likeness (QED) is 0.821. The maximum atomic E-state index is 13.4. The molecule has 8 heteroatoms. The fraction of sp³-hybridized carbons (Fsp3) is 0.571. The van der Waals surface area contributed by atoms with Crippen LogP contribution in [0.15, 0.2) is 18.2 Å². The van der Waals surface area contributed by atoms with E-state index in [4.69, 9.17) is 0 Å². The van der Waals surface area contributed by atoms with Crippen molar-refractivity contribution in [3.05, 3.63) is 29.8 Å². The van der Waals surface area contributed by atoms with Crippen LogP contribution in [0.5, 0.6) is 0 Å². The molecule has 7 nitrogen and oxygen atoms in total. The third-order valence-corrected chi connectivity index (χ3v) is 6.10. The summed E-state index contributed by atoms with van der Waals surface area (Å²) in [6.45, 7) is 6.81. The van der Waals surface area contributed by atoms with E-state index in [9.17, 15) is 14.0 Å². The Balaban J connectivity index is 1.37. The number of H-pyrrole nitrogens is 1. The average Bonchev–Trinajstić information content (AvgIpc) is 3.12. The molecule has 2 aliphatic heterocycles. The number of fused-ring (bicyclic) bond motifs is 1. The molecule has 0 spiro atoms. The number of hydrogen-bond donors (Lipinski definition) is 2. The number of nitrogens with zero attached hydrogens (tertiary/aromatic N) is 3. The maximum absolute atomic E-state index is 13.4. The van der Waals surface area contributed by atoms with Gasteiger partial charge >= 0.3 is 0 Å². The summed E-state index contributed by atoms with van der Waals surface area (Å²) < 4.78 is 13.4. The van der Waals surface area contributed by atoms with Crippen molar-refractivity contribution >= 4 is 22.8 Å². The van der Waals surface area contributed by atoms with Gasteiger partial charge < -0.3 is 15.2 Å². The monoisotopic (exact) mass is 401 g/mol. The van der Waals surface area contributed by atoms with E-state index in [0.29, 0.717) is 25.2 Å². The number of hydrogen-bond acceptors (Lipinski definition) is 4. The van der Waals surface area contributed by atoms with Crippen molar-refractivity contribution in [2.75, 3.05) is 26.2 Å². The summed E-state index contributed by atoms with van der Waals surface area (Å²) in [4.78, 5) is 37.0. The Morgan fingerprint density at radius 1 is 1.28 bits per heavy atom. The second-order valence-electron chi connectivity index (χ2n) is 8.28. The number of carbonyl (C=O) groups is 2. The van der Waals surface area contributed by atoms with Crippen molar-refractivity contribution in [2.45, 2.75) is 51.1 Å². The summed E-state index contributed by atoms with van der Waals surface area (Å²) >= 11 is 0. The third kappa shape index (κ3) is 4.12. The largest absolute Gasteiger partial charge is 0.353 e. The molecular formula is C21H28FN5O2. The molecule has 0 aliphatic carbocycles. The summed E-state index contributed by atoms with van der Waals surface area (Å²) in [7, 11) is 0. The van der Waals surface area contributed by atoms with Crippen LogP contribution in [0.2, 0.25) is 0 Å². The van der Waals surface area contributed by atoms with Gasteiger partial charge in [-0.2, -0.15) is 0 Å². The molecule has 3 heterocycles. The van der Waals surface area contributed by atoms with E-state index >= 15 is 0 Å². The molecule has 29 heavy (non-hydrogen) atoms. The number of rotatable bonds is 4. The second-order valence-corrected chi connectivity index (χ2v) is 8.28. The number of aromatic nitrogens is 2. The molecule has 4 rings (SSSR count). The highest BCUT2D eigenvalue weighted by atomic mass is 19.1. The minimum absolute atomic E-state index is 0.0304. The number of piperazine rings is 1. The number of halogens is 1. The van der Waals surface area contributed by atoms with Crippen LogP contribution < -0.4 is 5.32 Å². The fourth-order valence-corrected chi connectivity index (χ4v) is 4.45. The van der Waals surface area contributed by atoms with Crippen LogP contribution in [0.1, 0.15) is 44.9 Å². The Hall–Kier alpha value is -2.48. The lowest BCUT2D eigenvalue weighted by Crippen LogP contribution is -2.58. The normalized spacial score (nSPS) is 21.7. The Morgan fingerprint density at radius 2 is 2.03 bits per heavy atom. The smallest absolute Gasteiger partial charge is 0.237 e. The highest BCUT2D eigenvalue weighted by molar-refractivity contribution is 5.89. The van der Waals surface area contributed by atoms with Crippen LogP contribution in [0.4, 0.5) is 4.39 Å². The number of aromatic amines is 1. The summed E-state index contributed by atoms with van der Waals surface area (Å²) in [6, 6.07) is 4.39. The SMILES string of the molecule is CC(C)N1CCNC(=O)[C@@H]1CC(=O)N1CCC(c2nc3ccc(F)cc3[nH]2)CC1. The van der Waals surface area contributed by atoms with Gasteiger partial charge in [-0.15, -0.1) is 0 Å². The topological polar surface area (TPSA) is 81.3 Å². The Kier molecular flexibility index (Phi) is 5.54. The molecule has 2 amide bonds. The van der Waals surface area contributed by atoms with Crippen LogP contribution in [0.25, 0.3) is 11.0 Å². The Bertz CT molecular complexity index is 904. The van der Waals surface area contributed by atoms with E-state index in [2.05, 4.69) is 34.0 Å². The van der Waals surface area contributed by atoms with E-state index in [1.54, 1.807) is 6.07 Å². The predicted octanol–water partition coefficient (Wildman–Crippen LogP) is 2.01. The zero-order valence-electron chi connectivity index (χ0n) is 16.9. The van der Waals surface area contributed by atoms with Gasteiger partial charge in [-0.3, -0.25) is 14.5 Å². The minimum Gasteiger partial charge on any atom is -0.353 e. The van der Waals surface area contributed by atoms with Crippen LogP contribution in [0, 0.1) is 5.82 Å². The molecule has 2 N–H and O–H groups in total. The number of benzene rings is 1. The highest BCUT2D eigenvalue weighted by Crippen LogP contribution is 2.28. The molecule has 2 aliphatic rings. The lowest BCUT2D eigenvalue weighted by atomic mass is 9.95. The van der Waals surface area contributed by atoms with Crippen LogP contribution >= 0.6 is 0 Å². The molecule has 2 saturated heterocycles. The number of likely N-dealkylation sites (tertiary alicyclic amines) is 1. The zero-order chi connectivity index (χ0) is 20.5. The third-order valence-electron chi connectivity index (χ3n) is 6.10. The van der Waals surface area contributed by atoms with E-state index in [1.165, 1.54) is 12.1 Å². The van der Waals surface area contributed by atoms with Gasteiger partial charge in [-0.05, 0) is 44.9 Å². The number of carbonyl (C=O) groups excluding carboxylic acids is 2. The molecule has 1 aromatic heterocycles. The van der Waals surface area contributed by atoms with Gasteiger partial charge in [0.15, 0.2) is 0 Å². The molecular weight excluding hydrogens is 373 g/mol. The van der Waals surface area contributed by atoms with Crippen LogP contribution in [-0.4, -0.2) is 69.8 Å². The fourth-order valence-electron chi connectivity index (χ4n) is 4.45. The molecule has 0 saturated carbocycles. The first-order valence-electron chi connectivity index (χ1n) is 10.4. The van der Waals surface area contributed by atoms with Gasteiger partial charge in [-0.25, -0.2) is 9.37 Å². The first-order valence-corrected chi connectivity index (χ1v) is 10.4. The number of amides is 2. The summed E-state index contributed by atoms with van der Waals surface area (Å²) in [5, 5.41) is 2.88. The van der Waals surface area contributed by atoms with Crippen molar-refractivity contribution in [3.63, 3.8) is 0 Å². The van der Waals surface area contributed by atoms with Gasteiger partial charge in [0.05, 0.1) is 23.5 Å². The van der Waals surface area contributed by atoms with Crippen molar-refractivity contribution < 1.29 is 14.0 Å². The van der Waals surface area contributed by atoms with Gasteiger partial charge in [0, 0.05) is 38.1 Å². The maximum Gasteiger partial charge on any atom is 0.237 e. The predicted molar refractivity (Wildman–Crippen MR) is 108 cm³/mol. The molecule has 0 unspecified atom stereocenters. The van der Waals surface area contributed by atoms with E-state index in [1.807, 2.05) is 4.90 Å². The summed E-state index contributed by atoms with van der Waals surface area (Å²) in [5.41, 5.74) is 1.47. The number of imidazole rings is 1. The number of piperidine rings is 1. The first-order chi connectivity index (χ1) is 13.9. The Morgan fingerprint density at radius 3 is 2.76 bits per heavy atom. The van der Waals surface area contributed by atoms with E-state index in [0.717, 1.165) is 30.7 Å². The molecule has 2 aromatic rings. The molecule has 2 fully saturated rings.